The smallest absolute Gasteiger partial charge is 0.410 e. The predicted octanol–water partition coefficient (Wildman–Crippen LogP) is 3.27. The molecule has 6 heteroatoms. The van der Waals surface area contributed by atoms with Crippen molar-refractivity contribution >= 4 is 18.5 Å². The second kappa shape index (κ2) is 10.7. The summed E-state index contributed by atoms with van der Waals surface area (Å²) in [7, 11) is 0. The highest BCUT2D eigenvalue weighted by Gasteiger charge is 2.17. The van der Waals surface area contributed by atoms with E-state index < -0.39 is 0 Å². The second-order valence-electron chi connectivity index (χ2n) is 6.02. The van der Waals surface area contributed by atoms with Crippen LogP contribution in [-0.2, 0) is 17.8 Å². The van der Waals surface area contributed by atoms with Crippen LogP contribution >= 0.6 is 12.4 Å². The number of halogens is 1. The first kappa shape index (κ1) is 20.1. The van der Waals surface area contributed by atoms with Crippen molar-refractivity contribution in [2.24, 2.45) is 0 Å². The summed E-state index contributed by atoms with van der Waals surface area (Å²) in [6.07, 6.45) is 0.611. The highest BCUT2D eigenvalue weighted by Crippen LogP contribution is 2.15. The molecule has 1 N–H and O–H groups in total. The molecule has 0 saturated carbocycles. The van der Waals surface area contributed by atoms with Gasteiger partial charge in [-0.1, -0.05) is 42.5 Å². The summed E-state index contributed by atoms with van der Waals surface area (Å²) in [6.45, 7) is 3.91. The van der Waals surface area contributed by atoms with E-state index in [9.17, 15) is 4.79 Å². The van der Waals surface area contributed by atoms with Gasteiger partial charge in [-0.3, -0.25) is 0 Å². The zero-order valence-electron chi connectivity index (χ0n) is 14.7. The predicted molar refractivity (Wildman–Crippen MR) is 104 cm³/mol. The van der Waals surface area contributed by atoms with Crippen molar-refractivity contribution in [1.29, 1.82) is 0 Å². The van der Waals surface area contributed by atoms with Gasteiger partial charge in [0, 0.05) is 32.6 Å². The van der Waals surface area contributed by atoms with Crippen molar-refractivity contribution in [3.63, 3.8) is 0 Å². The number of benzene rings is 2. The molecular formula is C20H25ClN2O3. The normalized spacial score (nSPS) is 13.6. The van der Waals surface area contributed by atoms with E-state index >= 15 is 0 Å². The standard InChI is InChI=1S/C20H24N2O3.ClH/c23-20(22-12-10-21-11-13-22)25-16-18-7-4-8-19(15-18)24-14-9-17-5-2-1-3-6-17;/h1-8,15,21H,9-14,16H2;1H. The fraction of sp³-hybridized carbons (Fsp3) is 0.350. The third kappa shape index (κ3) is 6.24. The molecule has 2 aromatic rings. The van der Waals surface area contributed by atoms with Crippen molar-refractivity contribution < 1.29 is 14.3 Å². The number of nitrogens with one attached hydrogen (secondary N) is 1. The fourth-order valence-electron chi connectivity index (χ4n) is 2.74. The number of hydrogen-bond donors (Lipinski definition) is 1. The molecule has 5 nitrogen and oxygen atoms in total. The molecule has 1 amide bonds. The Balaban J connectivity index is 0.00000243. The maximum absolute atomic E-state index is 12.0. The molecule has 140 valence electrons. The van der Waals surface area contributed by atoms with E-state index in [2.05, 4.69) is 17.4 Å². The van der Waals surface area contributed by atoms with Crippen molar-refractivity contribution in [2.45, 2.75) is 13.0 Å². The van der Waals surface area contributed by atoms with Gasteiger partial charge in [-0.15, -0.1) is 12.4 Å². The zero-order valence-corrected chi connectivity index (χ0v) is 15.5. The molecule has 0 aromatic heterocycles. The Hall–Kier alpha value is -2.24. The van der Waals surface area contributed by atoms with Crippen LogP contribution in [0.4, 0.5) is 4.79 Å². The summed E-state index contributed by atoms with van der Waals surface area (Å²) in [5.41, 5.74) is 2.18. The quantitative estimate of drug-likeness (QED) is 0.840. The number of rotatable bonds is 6. The molecule has 1 aliphatic heterocycles. The highest BCUT2D eigenvalue weighted by atomic mass is 35.5. The van der Waals surface area contributed by atoms with Crippen LogP contribution in [0.2, 0.25) is 0 Å². The number of piperazine rings is 1. The molecule has 3 rings (SSSR count). The Morgan fingerprint density at radius 2 is 1.73 bits per heavy atom. The Morgan fingerprint density at radius 1 is 1.00 bits per heavy atom. The zero-order chi connectivity index (χ0) is 17.3. The van der Waals surface area contributed by atoms with Gasteiger partial charge in [-0.05, 0) is 23.3 Å². The van der Waals surface area contributed by atoms with Gasteiger partial charge in [0.05, 0.1) is 6.61 Å². The molecular weight excluding hydrogens is 352 g/mol. The van der Waals surface area contributed by atoms with E-state index in [4.69, 9.17) is 9.47 Å². The van der Waals surface area contributed by atoms with E-state index in [0.717, 1.165) is 30.8 Å². The van der Waals surface area contributed by atoms with Gasteiger partial charge in [0.25, 0.3) is 0 Å². The van der Waals surface area contributed by atoms with Crippen LogP contribution in [0, 0.1) is 0 Å². The Labute approximate surface area is 160 Å². The summed E-state index contributed by atoms with van der Waals surface area (Å²) in [5, 5.41) is 3.22. The SMILES string of the molecule is Cl.O=C(OCc1cccc(OCCc2ccccc2)c1)N1CCNCC1. The highest BCUT2D eigenvalue weighted by molar-refractivity contribution is 5.85. The Bertz CT molecular complexity index is 676. The summed E-state index contributed by atoms with van der Waals surface area (Å²) in [6, 6.07) is 18.0. The van der Waals surface area contributed by atoms with E-state index in [0.29, 0.717) is 19.7 Å². The molecule has 1 saturated heterocycles. The minimum Gasteiger partial charge on any atom is -0.493 e. The molecule has 1 heterocycles. The first-order chi connectivity index (χ1) is 12.3. The first-order valence-corrected chi connectivity index (χ1v) is 8.69. The van der Waals surface area contributed by atoms with Gasteiger partial charge in [0.2, 0.25) is 0 Å². The van der Waals surface area contributed by atoms with Crippen LogP contribution in [0.25, 0.3) is 0 Å². The van der Waals surface area contributed by atoms with Crippen LogP contribution in [0.15, 0.2) is 54.6 Å². The molecule has 1 aliphatic rings. The van der Waals surface area contributed by atoms with E-state index in [1.807, 2.05) is 42.5 Å². The molecule has 0 atom stereocenters. The summed E-state index contributed by atoms with van der Waals surface area (Å²) >= 11 is 0. The summed E-state index contributed by atoms with van der Waals surface area (Å²) in [5.74, 6) is 0.798. The van der Waals surface area contributed by atoms with Crippen LogP contribution < -0.4 is 10.1 Å². The van der Waals surface area contributed by atoms with Gasteiger partial charge < -0.3 is 19.7 Å². The number of amides is 1. The average molecular weight is 377 g/mol. The monoisotopic (exact) mass is 376 g/mol. The van der Waals surface area contributed by atoms with Crippen molar-refractivity contribution in [3.8, 4) is 5.75 Å². The van der Waals surface area contributed by atoms with Crippen LogP contribution in [0.5, 0.6) is 5.75 Å². The number of nitrogens with zero attached hydrogens (tertiary/aromatic N) is 1. The van der Waals surface area contributed by atoms with Crippen molar-refractivity contribution in [2.75, 3.05) is 32.8 Å². The lowest BCUT2D eigenvalue weighted by atomic mass is 10.2. The third-order valence-corrected chi connectivity index (χ3v) is 4.14. The molecule has 1 fully saturated rings. The number of carbonyl (C=O) groups excluding carboxylic acids is 1. The third-order valence-electron chi connectivity index (χ3n) is 4.14. The molecule has 0 spiro atoms. The Morgan fingerprint density at radius 3 is 2.50 bits per heavy atom. The van der Waals surface area contributed by atoms with E-state index in [-0.39, 0.29) is 25.1 Å². The van der Waals surface area contributed by atoms with Gasteiger partial charge in [-0.25, -0.2) is 4.79 Å². The van der Waals surface area contributed by atoms with Crippen LogP contribution in [0.1, 0.15) is 11.1 Å². The molecule has 0 aliphatic carbocycles. The number of ether oxygens (including phenoxy) is 2. The van der Waals surface area contributed by atoms with Gasteiger partial charge >= 0.3 is 6.09 Å². The molecule has 0 bridgehead atoms. The molecule has 2 aromatic carbocycles. The largest absolute Gasteiger partial charge is 0.493 e. The van der Waals surface area contributed by atoms with Gasteiger partial charge in [0.15, 0.2) is 0 Å². The lowest BCUT2D eigenvalue weighted by Gasteiger charge is -2.26. The van der Waals surface area contributed by atoms with Crippen molar-refractivity contribution in [1.82, 2.24) is 10.2 Å². The van der Waals surface area contributed by atoms with Crippen LogP contribution in [-0.4, -0.2) is 43.8 Å². The second-order valence-corrected chi connectivity index (χ2v) is 6.02. The number of hydrogen-bond acceptors (Lipinski definition) is 4. The Kier molecular flexibility index (Phi) is 8.25. The minimum absolute atomic E-state index is 0. The van der Waals surface area contributed by atoms with E-state index in [1.165, 1.54) is 5.56 Å². The maximum atomic E-state index is 12.0. The minimum atomic E-state index is -0.253. The first-order valence-electron chi connectivity index (χ1n) is 8.69. The lowest BCUT2D eigenvalue weighted by molar-refractivity contribution is 0.0917. The summed E-state index contributed by atoms with van der Waals surface area (Å²) < 4.78 is 11.2. The van der Waals surface area contributed by atoms with Crippen LogP contribution in [0.3, 0.4) is 0 Å². The topological polar surface area (TPSA) is 50.8 Å². The van der Waals surface area contributed by atoms with Crippen molar-refractivity contribution in [3.05, 3.63) is 65.7 Å². The molecule has 0 unspecified atom stereocenters. The lowest BCUT2D eigenvalue weighted by Crippen LogP contribution is -2.46. The summed E-state index contributed by atoms with van der Waals surface area (Å²) in [4.78, 5) is 13.8. The van der Waals surface area contributed by atoms with Gasteiger partial charge in [0.1, 0.15) is 12.4 Å². The molecule has 0 radical (unpaired) electrons. The average Bonchev–Trinajstić information content (AvgIpc) is 2.68. The maximum Gasteiger partial charge on any atom is 0.410 e. The number of carbonyl (C=O) groups is 1. The van der Waals surface area contributed by atoms with Gasteiger partial charge in [-0.2, -0.15) is 0 Å². The van der Waals surface area contributed by atoms with E-state index in [1.54, 1.807) is 4.90 Å². The molecule has 26 heavy (non-hydrogen) atoms. The fourth-order valence-corrected chi connectivity index (χ4v) is 2.74.